The predicted molar refractivity (Wildman–Crippen MR) is 78.6 cm³/mol. The van der Waals surface area contributed by atoms with Crippen molar-refractivity contribution in [2.45, 2.75) is 32.3 Å². The van der Waals surface area contributed by atoms with Crippen molar-refractivity contribution in [1.29, 1.82) is 0 Å². The summed E-state index contributed by atoms with van der Waals surface area (Å²) in [5.41, 5.74) is 3.17. The van der Waals surface area contributed by atoms with Gasteiger partial charge in [-0.25, -0.2) is 9.78 Å². The number of carboxylic acids is 1. The molecule has 0 saturated carbocycles. The highest BCUT2D eigenvalue weighted by atomic mass is 16.5. The largest absolute Gasteiger partial charge is 0.486 e. The fourth-order valence-corrected chi connectivity index (χ4v) is 2.71. The Balaban J connectivity index is 1.93. The van der Waals surface area contributed by atoms with Crippen molar-refractivity contribution in [3.8, 4) is 5.75 Å². The van der Waals surface area contributed by atoms with Crippen LogP contribution in [0.1, 0.15) is 40.0 Å². The SMILES string of the molecule is O=C(O)c1ncc2c(c1OCc1ccccc1)CCCC2. The highest BCUT2D eigenvalue weighted by molar-refractivity contribution is 5.89. The highest BCUT2D eigenvalue weighted by Crippen LogP contribution is 2.32. The van der Waals surface area contributed by atoms with Crippen molar-refractivity contribution in [3.05, 3.63) is 58.9 Å². The Labute approximate surface area is 123 Å². The zero-order valence-corrected chi connectivity index (χ0v) is 11.7. The molecule has 0 radical (unpaired) electrons. The number of aromatic nitrogens is 1. The molecular weight excluding hydrogens is 266 g/mol. The average Bonchev–Trinajstić information content (AvgIpc) is 2.53. The lowest BCUT2D eigenvalue weighted by Gasteiger charge is -2.20. The molecule has 1 aromatic heterocycles. The summed E-state index contributed by atoms with van der Waals surface area (Å²) >= 11 is 0. The number of pyridine rings is 1. The maximum atomic E-state index is 11.4. The van der Waals surface area contributed by atoms with Gasteiger partial charge in [0.25, 0.3) is 0 Å². The third-order valence-corrected chi connectivity index (χ3v) is 3.78. The molecule has 108 valence electrons. The quantitative estimate of drug-likeness (QED) is 0.935. The number of hydrogen-bond donors (Lipinski definition) is 1. The fraction of sp³-hybridized carbons (Fsp3) is 0.294. The number of benzene rings is 1. The van der Waals surface area contributed by atoms with Crippen LogP contribution in [0.3, 0.4) is 0 Å². The Bertz CT molecular complexity index is 653. The molecule has 0 spiro atoms. The summed E-state index contributed by atoms with van der Waals surface area (Å²) in [5.74, 6) is -0.588. The molecule has 0 atom stereocenters. The summed E-state index contributed by atoms with van der Waals surface area (Å²) in [5, 5.41) is 9.32. The summed E-state index contributed by atoms with van der Waals surface area (Å²) in [6, 6.07) is 9.75. The Morgan fingerprint density at radius 3 is 2.71 bits per heavy atom. The fourth-order valence-electron chi connectivity index (χ4n) is 2.71. The molecule has 4 heteroatoms. The second-order valence-electron chi connectivity index (χ2n) is 5.23. The molecule has 4 nitrogen and oxygen atoms in total. The average molecular weight is 283 g/mol. The molecule has 21 heavy (non-hydrogen) atoms. The number of hydrogen-bond acceptors (Lipinski definition) is 3. The van der Waals surface area contributed by atoms with E-state index in [-0.39, 0.29) is 5.69 Å². The minimum absolute atomic E-state index is 0.0200. The summed E-state index contributed by atoms with van der Waals surface area (Å²) in [7, 11) is 0. The van der Waals surface area contributed by atoms with Crippen molar-refractivity contribution >= 4 is 5.97 Å². The van der Waals surface area contributed by atoms with E-state index in [1.54, 1.807) is 6.20 Å². The number of carbonyl (C=O) groups is 1. The summed E-state index contributed by atoms with van der Waals surface area (Å²) in [4.78, 5) is 15.5. The van der Waals surface area contributed by atoms with E-state index in [9.17, 15) is 9.90 Å². The Morgan fingerprint density at radius 2 is 1.95 bits per heavy atom. The van der Waals surface area contributed by atoms with Crippen molar-refractivity contribution in [1.82, 2.24) is 4.98 Å². The van der Waals surface area contributed by atoms with Gasteiger partial charge in [0.2, 0.25) is 0 Å². The first-order valence-corrected chi connectivity index (χ1v) is 7.16. The maximum Gasteiger partial charge on any atom is 0.358 e. The van der Waals surface area contributed by atoms with E-state index in [0.717, 1.165) is 42.4 Å². The third kappa shape index (κ3) is 2.89. The van der Waals surface area contributed by atoms with Crippen LogP contribution in [0.25, 0.3) is 0 Å². The van der Waals surface area contributed by atoms with Gasteiger partial charge in [0.15, 0.2) is 11.4 Å². The zero-order valence-electron chi connectivity index (χ0n) is 11.7. The van der Waals surface area contributed by atoms with Crippen molar-refractivity contribution in [2.24, 2.45) is 0 Å². The van der Waals surface area contributed by atoms with Gasteiger partial charge in [-0.05, 0) is 36.8 Å². The minimum atomic E-state index is -1.04. The van der Waals surface area contributed by atoms with Gasteiger partial charge >= 0.3 is 5.97 Å². The molecule has 0 unspecified atom stereocenters. The first-order chi connectivity index (χ1) is 10.3. The van der Waals surface area contributed by atoms with Gasteiger partial charge in [0, 0.05) is 11.8 Å². The standard InChI is InChI=1S/C17H17NO3/c19-17(20)15-16(21-11-12-6-2-1-3-7-12)14-9-5-4-8-13(14)10-18-15/h1-3,6-7,10H,4-5,8-9,11H2,(H,19,20). The molecule has 0 saturated heterocycles. The molecule has 1 aromatic carbocycles. The van der Waals surface area contributed by atoms with E-state index >= 15 is 0 Å². The van der Waals surface area contributed by atoms with Crippen LogP contribution >= 0.6 is 0 Å². The van der Waals surface area contributed by atoms with Crippen LogP contribution in [0, 0.1) is 0 Å². The molecule has 0 bridgehead atoms. The molecule has 3 rings (SSSR count). The lowest BCUT2D eigenvalue weighted by Crippen LogP contribution is -2.13. The maximum absolute atomic E-state index is 11.4. The minimum Gasteiger partial charge on any atom is -0.486 e. The number of nitrogens with zero attached hydrogens (tertiary/aromatic N) is 1. The first-order valence-electron chi connectivity index (χ1n) is 7.16. The Hall–Kier alpha value is -2.36. The van der Waals surface area contributed by atoms with Crippen LogP contribution in [-0.4, -0.2) is 16.1 Å². The number of aryl methyl sites for hydroxylation is 1. The zero-order chi connectivity index (χ0) is 14.7. The summed E-state index contributed by atoms with van der Waals surface area (Å²) in [6.45, 7) is 0.360. The van der Waals surface area contributed by atoms with Gasteiger partial charge < -0.3 is 9.84 Å². The molecule has 0 aliphatic heterocycles. The molecule has 1 aliphatic carbocycles. The molecule has 1 aliphatic rings. The van der Waals surface area contributed by atoms with Gasteiger partial charge in [-0.15, -0.1) is 0 Å². The number of fused-ring (bicyclic) bond motifs is 1. The van der Waals surface area contributed by atoms with Gasteiger partial charge in [-0.2, -0.15) is 0 Å². The molecule has 2 aromatic rings. The molecular formula is C17H17NO3. The van der Waals surface area contributed by atoms with Crippen LogP contribution in [0.4, 0.5) is 0 Å². The summed E-state index contributed by atoms with van der Waals surface area (Å²) < 4.78 is 5.84. The Morgan fingerprint density at radius 1 is 1.19 bits per heavy atom. The number of rotatable bonds is 4. The van der Waals surface area contributed by atoms with E-state index in [1.807, 2.05) is 30.3 Å². The van der Waals surface area contributed by atoms with Crippen molar-refractivity contribution in [3.63, 3.8) is 0 Å². The Kier molecular flexibility index (Phi) is 3.86. The van der Waals surface area contributed by atoms with Crippen LogP contribution in [-0.2, 0) is 19.4 Å². The molecule has 1 heterocycles. The predicted octanol–water partition coefficient (Wildman–Crippen LogP) is 3.24. The van der Waals surface area contributed by atoms with E-state index in [1.165, 1.54) is 0 Å². The van der Waals surface area contributed by atoms with Crippen LogP contribution in [0.2, 0.25) is 0 Å². The second kappa shape index (κ2) is 5.95. The van der Waals surface area contributed by atoms with Crippen molar-refractivity contribution in [2.75, 3.05) is 0 Å². The van der Waals surface area contributed by atoms with E-state index < -0.39 is 5.97 Å². The second-order valence-corrected chi connectivity index (χ2v) is 5.23. The molecule has 0 amide bonds. The van der Waals surface area contributed by atoms with Gasteiger partial charge in [-0.1, -0.05) is 30.3 Å². The molecule has 0 fully saturated rings. The molecule has 1 N–H and O–H groups in total. The van der Waals surface area contributed by atoms with Gasteiger partial charge in [-0.3, -0.25) is 0 Å². The smallest absolute Gasteiger partial charge is 0.358 e. The first kappa shape index (κ1) is 13.6. The summed E-state index contributed by atoms with van der Waals surface area (Å²) in [6.07, 6.45) is 5.69. The van der Waals surface area contributed by atoms with E-state index in [4.69, 9.17) is 4.74 Å². The van der Waals surface area contributed by atoms with E-state index in [2.05, 4.69) is 4.98 Å². The highest BCUT2D eigenvalue weighted by Gasteiger charge is 2.22. The third-order valence-electron chi connectivity index (χ3n) is 3.78. The van der Waals surface area contributed by atoms with Crippen LogP contribution in [0.5, 0.6) is 5.75 Å². The van der Waals surface area contributed by atoms with E-state index in [0.29, 0.717) is 12.4 Å². The van der Waals surface area contributed by atoms with Crippen LogP contribution < -0.4 is 4.74 Å². The van der Waals surface area contributed by atoms with Crippen molar-refractivity contribution < 1.29 is 14.6 Å². The van der Waals surface area contributed by atoms with Gasteiger partial charge in [0.05, 0.1) is 0 Å². The lowest BCUT2D eigenvalue weighted by atomic mass is 9.92. The monoisotopic (exact) mass is 283 g/mol. The number of carboxylic acid groups (broad SMARTS) is 1. The number of aromatic carboxylic acids is 1. The number of ether oxygens (including phenoxy) is 1. The topological polar surface area (TPSA) is 59.4 Å². The normalized spacial score (nSPS) is 13.5. The lowest BCUT2D eigenvalue weighted by molar-refractivity contribution is 0.0684. The van der Waals surface area contributed by atoms with Crippen LogP contribution in [0.15, 0.2) is 36.5 Å². The van der Waals surface area contributed by atoms with Gasteiger partial charge in [0.1, 0.15) is 6.61 Å².